The average Bonchev–Trinajstić information content (AvgIpc) is 2.53. The average molecular weight is 292 g/mol. The third-order valence-electron chi connectivity index (χ3n) is 3.98. The highest BCUT2D eigenvalue weighted by Gasteiger charge is 2.25. The second-order valence-corrected chi connectivity index (χ2v) is 5.22. The van der Waals surface area contributed by atoms with Crippen LogP contribution in [0.2, 0.25) is 0 Å². The van der Waals surface area contributed by atoms with E-state index < -0.39 is 0 Å². The summed E-state index contributed by atoms with van der Waals surface area (Å²) >= 11 is 0. The van der Waals surface area contributed by atoms with Crippen LogP contribution >= 0.6 is 0 Å². The van der Waals surface area contributed by atoms with Crippen molar-refractivity contribution < 1.29 is 13.9 Å². The van der Waals surface area contributed by atoms with Crippen molar-refractivity contribution >= 4 is 16.3 Å². The first-order valence-electron chi connectivity index (χ1n) is 6.96. The highest BCUT2D eigenvalue weighted by molar-refractivity contribution is 6.02. The predicted molar refractivity (Wildman–Crippen MR) is 85.1 cm³/mol. The second kappa shape index (κ2) is 4.60. The van der Waals surface area contributed by atoms with E-state index in [0.717, 1.165) is 27.5 Å². The van der Waals surface area contributed by atoms with Gasteiger partial charge in [0, 0.05) is 5.56 Å². The van der Waals surface area contributed by atoms with Crippen LogP contribution in [-0.4, -0.2) is 7.11 Å². The molecule has 0 amide bonds. The summed E-state index contributed by atoms with van der Waals surface area (Å²) < 4.78 is 25.1. The van der Waals surface area contributed by atoms with Crippen LogP contribution in [0.1, 0.15) is 11.1 Å². The Balaban J connectivity index is 2.04. The molecular formula is C19H13FO2. The molecule has 3 aromatic rings. The van der Waals surface area contributed by atoms with E-state index in [2.05, 4.69) is 6.58 Å². The van der Waals surface area contributed by atoms with Gasteiger partial charge in [-0.15, -0.1) is 0 Å². The summed E-state index contributed by atoms with van der Waals surface area (Å²) in [6.07, 6.45) is 0. The second-order valence-electron chi connectivity index (χ2n) is 5.22. The van der Waals surface area contributed by atoms with Crippen LogP contribution in [0.15, 0.2) is 55.1 Å². The molecule has 108 valence electrons. The number of hydrogen-bond donors (Lipinski definition) is 0. The van der Waals surface area contributed by atoms with Crippen molar-refractivity contribution in [1.82, 2.24) is 0 Å². The van der Waals surface area contributed by atoms with Gasteiger partial charge in [-0.05, 0) is 46.7 Å². The Morgan fingerprint density at radius 3 is 2.59 bits per heavy atom. The number of benzene rings is 3. The Morgan fingerprint density at radius 2 is 1.77 bits per heavy atom. The lowest BCUT2D eigenvalue weighted by Gasteiger charge is -2.25. The maximum atomic E-state index is 13.7. The molecule has 1 heterocycles. The number of ether oxygens (including phenoxy) is 2. The Morgan fingerprint density at radius 1 is 1.00 bits per heavy atom. The molecule has 22 heavy (non-hydrogen) atoms. The number of hydrogen-bond acceptors (Lipinski definition) is 2. The zero-order valence-electron chi connectivity index (χ0n) is 12.0. The van der Waals surface area contributed by atoms with E-state index in [1.54, 1.807) is 13.2 Å². The molecule has 0 saturated heterocycles. The minimum absolute atomic E-state index is 0.278. The van der Waals surface area contributed by atoms with Crippen molar-refractivity contribution in [3.8, 4) is 17.2 Å². The van der Waals surface area contributed by atoms with Gasteiger partial charge in [0.1, 0.15) is 23.1 Å². The predicted octanol–water partition coefficient (Wildman–Crippen LogP) is 5.15. The molecule has 1 aliphatic heterocycles. The van der Waals surface area contributed by atoms with Crippen LogP contribution in [0.5, 0.6) is 17.2 Å². The smallest absolute Gasteiger partial charge is 0.139 e. The summed E-state index contributed by atoms with van der Waals surface area (Å²) in [5.74, 6) is 1.80. The number of fused-ring (bicyclic) bond motifs is 4. The molecule has 0 unspecified atom stereocenters. The lowest BCUT2D eigenvalue weighted by atomic mass is 9.90. The van der Waals surface area contributed by atoms with Gasteiger partial charge in [-0.2, -0.15) is 0 Å². The van der Waals surface area contributed by atoms with Gasteiger partial charge in [0.25, 0.3) is 0 Å². The Kier molecular flexibility index (Phi) is 2.70. The number of methoxy groups -OCH3 is 1. The zero-order valence-corrected chi connectivity index (χ0v) is 12.0. The van der Waals surface area contributed by atoms with Gasteiger partial charge in [0.05, 0.1) is 12.7 Å². The van der Waals surface area contributed by atoms with Crippen LogP contribution in [-0.2, 0) is 0 Å². The van der Waals surface area contributed by atoms with Crippen LogP contribution in [0.4, 0.5) is 4.39 Å². The fraction of sp³-hybridized carbons (Fsp3) is 0.0526. The van der Waals surface area contributed by atoms with E-state index >= 15 is 0 Å². The first-order valence-corrected chi connectivity index (χ1v) is 6.96. The molecule has 3 aromatic carbocycles. The third-order valence-corrected chi connectivity index (χ3v) is 3.98. The molecule has 3 heteroatoms. The van der Waals surface area contributed by atoms with Crippen molar-refractivity contribution in [3.05, 3.63) is 72.1 Å². The standard InChI is InChI=1S/C19H13FO2/c1-11-18-14-10-13(20)8-6-12(14)7-9-17(18)22-16-5-3-4-15(21-2)19(11)16/h3-10H,1H2,2H3. The topological polar surface area (TPSA) is 18.5 Å². The minimum Gasteiger partial charge on any atom is -0.496 e. The molecule has 0 bridgehead atoms. The van der Waals surface area contributed by atoms with Crippen LogP contribution in [0, 0.1) is 5.82 Å². The lowest BCUT2D eigenvalue weighted by molar-refractivity contribution is 0.405. The van der Waals surface area contributed by atoms with Crippen molar-refractivity contribution in [3.63, 3.8) is 0 Å². The molecule has 0 radical (unpaired) electrons. The van der Waals surface area contributed by atoms with Crippen molar-refractivity contribution in [2.75, 3.05) is 7.11 Å². The summed E-state index contributed by atoms with van der Waals surface area (Å²) in [5.41, 5.74) is 2.41. The molecule has 0 fully saturated rings. The van der Waals surface area contributed by atoms with E-state index in [9.17, 15) is 4.39 Å². The zero-order chi connectivity index (χ0) is 15.3. The molecule has 0 saturated carbocycles. The Bertz CT molecular complexity index is 928. The highest BCUT2D eigenvalue weighted by atomic mass is 19.1. The summed E-state index contributed by atoms with van der Waals surface area (Å²) in [6.45, 7) is 4.20. The van der Waals surface area contributed by atoms with Gasteiger partial charge >= 0.3 is 0 Å². The summed E-state index contributed by atoms with van der Waals surface area (Å²) in [6, 6.07) is 14.2. The van der Waals surface area contributed by atoms with E-state index in [4.69, 9.17) is 9.47 Å². The summed E-state index contributed by atoms with van der Waals surface area (Å²) in [4.78, 5) is 0. The van der Waals surface area contributed by atoms with E-state index in [1.165, 1.54) is 12.1 Å². The van der Waals surface area contributed by atoms with Gasteiger partial charge < -0.3 is 9.47 Å². The van der Waals surface area contributed by atoms with Crippen LogP contribution in [0.3, 0.4) is 0 Å². The van der Waals surface area contributed by atoms with Gasteiger partial charge in [-0.25, -0.2) is 4.39 Å². The Labute approximate surface area is 127 Å². The molecule has 0 spiro atoms. The van der Waals surface area contributed by atoms with E-state index in [-0.39, 0.29) is 5.82 Å². The largest absolute Gasteiger partial charge is 0.496 e. The molecule has 0 aliphatic carbocycles. The first-order chi connectivity index (χ1) is 10.7. The Hall–Kier alpha value is -2.81. The first kappa shape index (κ1) is 12.9. The number of rotatable bonds is 1. The third kappa shape index (κ3) is 1.72. The van der Waals surface area contributed by atoms with E-state index in [1.807, 2.05) is 30.3 Å². The molecule has 0 aromatic heterocycles. The van der Waals surface area contributed by atoms with Crippen molar-refractivity contribution in [1.29, 1.82) is 0 Å². The number of halogens is 1. The normalized spacial score (nSPS) is 12.5. The quantitative estimate of drug-likeness (QED) is 0.483. The summed E-state index contributed by atoms with van der Waals surface area (Å²) in [5, 5.41) is 1.74. The minimum atomic E-state index is -0.278. The van der Waals surface area contributed by atoms with Crippen molar-refractivity contribution in [2.24, 2.45) is 0 Å². The van der Waals surface area contributed by atoms with Crippen LogP contribution in [0.25, 0.3) is 16.3 Å². The molecule has 1 aliphatic rings. The van der Waals surface area contributed by atoms with Gasteiger partial charge in [0.15, 0.2) is 0 Å². The fourth-order valence-corrected chi connectivity index (χ4v) is 2.98. The van der Waals surface area contributed by atoms with E-state index in [0.29, 0.717) is 17.2 Å². The molecular weight excluding hydrogens is 279 g/mol. The maximum absolute atomic E-state index is 13.7. The monoisotopic (exact) mass is 292 g/mol. The maximum Gasteiger partial charge on any atom is 0.139 e. The summed E-state index contributed by atoms with van der Waals surface area (Å²) in [7, 11) is 1.61. The molecule has 0 N–H and O–H groups in total. The SMILES string of the molecule is C=C1c2c(OC)cccc2Oc2ccc3ccc(F)cc3c21. The lowest BCUT2D eigenvalue weighted by Crippen LogP contribution is -2.04. The highest BCUT2D eigenvalue weighted by Crippen LogP contribution is 2.48. The van der Waals surface area contributed by atoms with Gasteiger partial charge in [-0.1, -0.05) is 24.8 Å². The van der Waals surface area contributed by atoms with Crippen molar-refractivity contribution in [2.45, 2.75) is 0 Å². The van der Waals surface area contributed by atoms with Gasteiger partial charge in [-0.3, -0.25) is 0 Å². The fourth-order valence-electron chi connectivity index (χ4n) is 2.98. The molecule has 0 atom stereocenters. The van der Waals surface area contributed by atoms with Gasteiger partial charge in [0.2, 0.25) is 0 Å². The van der Waals surface area contributed by atoms with Crippen LogP contribution < -0.4 is 9.47 Å². The molecule has 4 rings (SSSR count). The molecule has 2 nitrogen and oxygen atoms in total.